The zero-order chi connectivity index (χ0) is 15.0. The normalized spacial score (nSPS) is 19.0. The van der Waals surface area contributed by atoms with Crippen molar-refractivity contribution in [3.63, 3.8) is 0 Å². The Morgan fingerprint density at radius 2 is 2.24 bits per heavy atom. The fraction of sp³-hybridized carbons (Fsp3) is 0.400. The molecule has 21 heavy (non-hydrogen) atoms. The Bertz CT molecular complexity index is 701. The molecule has 1 aliphatic heterocycles. The maximum Gasteiger partial charge on any atom is 0.270 e. The SMILES string of the molecule is Cc1cc(N2CCNC(C)C2)c2cc([N+](=O)[O-])ccc2n1. The number of benzene rings is 1. The summed E-state index contributed by atoms with van der Waals surface area (Å²) in [6.07, 6.45) is 0. The van der Waals surface area contributed by atoms with Crippen LogP contribution in [0.5, 0.6) is 0 Å². The second kappa shape index (κ2) is 5.29. The van der Waals surface area contributed by atoms with Crippen LogP contribution in [0.3, 0.4) is 0 Å². The summed E-state index contributed by atoms with van der Waals surface area (Å²) >= 11 is 0. The van der Waals surface area contributed by atoms with E-state index in [2.05, 4.69) is 22.1 Å². The molecule has 1 saturated heterocycles. The van der Waals surface area contributed by atoms with Crippen LogP contribution in [0.4, 0.5) is 11.4 Å². The minimum Gasteiger partial charge on any atom is -0.368 e. The Kier molecular flexibility index (Phi) is 3.47. The number of nitro groups is 1. The summed E-state index contributed by atoms with van der Waals surface area (Å²) in [5.74, 6) is 0. The summed E-state index contributed by atoms with van der Waals surface area (Å²) in [5, 5.41) is 15.3. The zero-order valence-corrected chi connectivity index (χ0v) is 12.2. The standard InChI is InChI=1S/C15H18N4O2/c1-10-7-15(18-6-5-16-11(2)9-18)13-8-12(19(20)21)3-4-14(13)17-10/h3-4,7-8,11,16H,5-6,9H2,1-2H3. The number of non-ortho nitro benzene ring substituents is 1. The fourth-order valence-corrected chi connectivity index (χ4v) is 2.85. The van der Waals surface area contributed by atoms with Gasteiger partial charge in [-0.2, -0.15) is 0 Å². The summed E-state index contributed by atoms with van der Waals surface area (Å²) < 4.78 is 0. The number of nitro benzene ring substituents is 1. The smallest absolute Gasteiger partial charge is 0.270 e. The Hall–Kier alpha value is -2.21. The average Bonchev–Trinajstić information content (AvgIpc) is 2.45. The molecule has 1 aromatic carbocycles. The summed E-state index contributed by atoms with van der Waals surface area (Å²) in [7, 11) is 0. The molecule has 1 aliphatic rings. The van der Waals surface area contributed by atoms with Gasteiger partial charge in [-0.05, 0) is 26.0 Å². The van der Waals surface area contributed by atoms with Crippen LogP contribution in [0.15, 0.2) is 24.3 Å². The maximum absolute atomic E-state index is 11.0. The van der Waals surface area contributed by atoms with E-state index in [1.807, 2.05) is 13.0 Å². The van der Waals surface area contributed by atoms with E-state index in [1.165, 1.54) is 6.07 Å². The predicted octanol–water partition coefficient (Wildman–Crippen LogP) is 2.25. The first-order chi connectivity index (χ1) is 10.0. The molecule has 0 saturated carbocycles. The average molecular weight is 286 g/mol. The fourth-order valence-electron chi connectivity index (χ4n) is 2.85. The van der Waals surface area contributed by atoms with Gasteiger partial charge in [-0.1, -0.05) is 0 Å². The van der Waals surface area contributed by atoms with E-state index in [-0.39, 0.29) is 10.6 Å². The van der Waals surface area contributed by atoms with Crippen LogP contribution in [-0.2, 0) is 0 Å². The van der Waals surface area contributed by atoms with Crippen LogP contribution in [0, 0.1) is 17.0 Å². The van der Waals surface area contributed by atoms with Crippen molar-refractivity contribution >= 4 is 22.3 Å². The molecule has 1 atom stereocenters. The molecule has 0 aliphatic carbocycles. The molecule has 2 heterocycles. The van der Waals surface area contributed by atoms with Crippen LogP contribution in [0.25, 0.3) is 10.9 Å². The van der Waals surface area contributed by atoms with Gasteiger partial charge in [0.15, 0.2) is 0 Å². The summed E-state index contributed by atoms with van der Waals surface area (Å²) in [5.41, 5.74) is 2.88. The van der Waals surface area contributed by atoms with Crippen molar-refractivity contribution in [1.29, 1.82) is 0 Å². The molecule has 0 bridgehead atoms. The molecule has 0 spiro atoms. The summed E-state index contributed by atoms with van der Waals surface area (Å²) in [6, 6.07) is 7.29. The second-order valence-corrected chi connectivity index (χ2v) is 5.54. The molecule has 2 aromatic rings. The first-order valence-electron chi connectivity index (χ1n) is 7.09. The lowest BCUT2D eigenvalue weighted by atomic mass is 10.1. The van der Waals surface area contributed by atoms with E-state index in [1.54, 1.807) is 12.1 Å². The van der Waals surface area contributed by atoms with Crippen LogP contribution in [0.1, 0.15) is 12.6 Å². The first kappa shape index (κ1) is 13.8. The van der Waals surface area contributed by atoms with Crippen LogP contribution in [0.2, 0.25) is 0 Å². The minimum absolute atomic E-state index is 0.109. The van der Waals surface area contributed by atoms with Crippen molar-refractivity contribution in [3.05, 3.63) is 40.1 Å². The van der Waals surface area contributed by atoms with Gasteiger partial charge in [0.2, 0.25) is 0 Å². The molecular formula is C15H18N4O2. The Morgan fingerprint density at radius 3 is 2.95 bits per heavy atom. The Balaban J connectivity index is 2.14. The lowest BCUT2D eigenvalue weighted by Gasteiger charge is -2.34. The van der Waals surface area contributed by atoms with Gasteiger partial charge in [0.25, 0.3) is 5.69 Å². The lowest BCUT2D eigenvalue weighted by molar-refractivity contribution is -0.384. The highest BCUT2D eigenvalue weighted by atomic mass is 16.6. The highest BCUT2D eigenvalue weighted by Crippen LogP contribution is 2.30. The molecule has 1 unspecified atom stereocenters. The summed E-state index contributed by atoms with van der Waals surface area (Å²) in [6.45, 7) is 6.80. The van der Waals surface area contributed by atoms with Gasteiger partial charge >= 0.3 is 0 Å². The van der Waals surface area contributed by atoms with E-state index in [0.717, 1.165) is 41.9 Å². The number of nitrogens with one attached hydrogen (secondary N) is 1. The number of fused-ring (bicyclic) bond motifs is 1. The number of pyridine rings is 1. The Morgan fingerprint density at radius 1 is 1.43 bits per heavy atom. The van der Waals surface area contributed by atoms with E-state index in [0.29, 0.717) is 6.04 Å². The highest BCUT2D eigenvalue weighted by molar-refractivity contribution is 5.93. The third-order valence-corrected chi connectivity index (χ3v) is 3.82. The number of aryl methyl sites for hydroxylation is 1. The molecule has 6 heteroatoms. The van der Waals surface area contributed by atoms with Gasteiger partial charge in [0.05, 0.1) is 10.4 Å². The van der Waals surface area contributed by atoms with Crippen molar-refractivity contribution in [3.8, 4) is 0 Å². The predicted molar refractivity (Wildman–Crippen MR) is 82.8 cm³/mol. The molecule has 0 radical (unpaired) electrons. The molecule has 1 N–H and O–H groups in total. The number of rotatable bonds is 2. The van der Waals surface area contributed by atoms with Crippen LogP contribution >= 0.6 is 0 Å². The van der Waals surface area contributed by atoms with Crippen LogP contribution in [-0.4, -0.2) is 35.6 Å². The van der Waals surface area contributed by atoms with E-state index < -0.39 is 0 Å². The maximum atomic E-state index is 11.0. The minimum atomic E-state index is -0.358. The number of aromatic nitrogens is 1. The quantitative estimate of drug-likeness (QED) is 0.677. The first-order valence-corrected chi connectivity index (χ1v) is 7.09. The van der Waals surface area contributed by atoms with Crippen LogP contribution < -0.4 is 10.2 Å². The molecule has 0 amide bonds. The highest BCUT2D eigenvalue weighted by Gasteiger charge is 2.19. The topological polar surface area (TPSA) is 71.3 Å². The van der Waals surface area contributed by atoms with Gasteiger partial charge in [0, 0.05) is 54.6 Å². The number of nitrogens with zero attached hydrogens (tertiary/aromatic N) is 3. The van der Waals surface area contributed by atoms with Crippen molar-refractivity contribution in [2.75, 3.05) is 24.5 Å². The molecule has 1 fully saturated rings. The van der Waals surface area contributed by atoms with E-state index in [9.17, 15) is 10.1 Å². The number of anilines is 1. The van der Waals surface area contributed by atoms with Gasteiger partial charge < -0.3 is 10.2 Å². The van der Waals surface area contributed by atoms with Crippen molar-refractivity contribution in [2.45, 2.75) is 19.9 Å². The third kappa shape index (κ3) is 2.67. The Labute approximate surface area is 122 Å². The van der Waals surface area contributed by atoms with Gasteiger partial charge in [-0.3, -0.25) is 15.1 Å². The van der Waals surface area contributed by atoms with E-state index >= 15 is 0 Å². The van der Waals surface area contributed by atoms with Gasteiger partial charge in [-0.25, -0.2) is 0 Å². The molecule has 6 nitrogen and oxygen atoms in total. The molecule has 3 rings (SSSR count). The lowest BCUT2D eigenvalue weighted by Crippen LogP contribution is -2.49. The molecular weight excluding hydrogens is 268 g/mol. The second-order valence-electron chi connectivity index (χ2n) is 5.54. The number of piperazine rings is 1. The van der Waals surface area contributed by atoms with E-state index in [4.69, 9.17) is 0 Å². The largest absolute Gasteiger partial charge is 0.368 e. The van der Waals surface area contributed by atoms with Gasteiger partial charge in [0.1, 0.15) is 0 Å². The zero-order valence-electron chi connectivity index (χ0n) is 12.2. The third-order valence-electron chi connectivity index (χ3n) is 3.82. The van der Waals surface area contributed by atoms with Crippen molar-refractivity contribution in [1.82, 2.24) is 10.3 Å². The molecule has 1 aromatic heterocycles. The molecule has 110 valence electrons. The monoisotopic (exact) mass is 286 g/mol. The summed E-state index contributed by atoms with van der Waals surface area (Å²) in [4.78, 5) is 17.4. The van der Waals surface area contributed by atoms with Crippen molar-refractivity contribution < 1.29 is 4.92 Å². The van der Waals surface area contributed by atoms with Crippen molar-refractivity contribution in [2.24, 2.45) is 0 Å². The van der Waals surface area contributed by atoms with Gasteiger partial charge in [-0.15, -0.1) is 0 Å². The number of hydrogen-bond donors (Lipinski definition) is 1. The number of hydrogen-bond acceptors (Lipinski definition) is 5.